The molecule has 0 radical (unpaired) electrons. The van der Waals surface area contributed by atoms with Crippen molar-refractivity contribution in [2.75, 3.05) is 36.7 Å². The number of rotatable bonds is 3. The van der Waals surface area contributed by atoms with E-state index < -0.39 is 0 Å². The summed E-state index contributed by atoms with van der Waals surface area (Å²) in [5, 5.41) is 0. The van der Waals surface area contributed by atoms with Crippen molar-refractivity contribution in [3.05, 3.63) is 24.3 Å². The van der Waals surface area contributed by atoms with E-state index in [4.69, 9.17) is 4.74 Å². The van der Waals surface area contributed by atoms with Crippen LogP contribution in [-0.4, -0.2) is 32.8 Å². The summed E-state index contributed by atoms with van der Waals surface area (Å²) in [7, 11) is 2.02. The first-order chi connectivity index (χ1) is 7.72. The molecule has 0 unspecified atom stereocenters. The molecule has 0 saturated heterocycles. The van der Waals surface area contributed by atoms with Gasteiger partial charge >= 0.3 is 5.97 Å². The molecule has 4 nitrogen and oxygen atoms in total. The number of nitrogens with zero attached hydrogens (tertiary/aromatic N) is 2. The fraction of sp³-hybridized carbons (Fsp3) is 0.417. The Kier molecular flexibility index (Phi) is 2.99. The normalized spacial score (nSPS) is 13.9. The second kappa shape index (κ2) is 4.43. The van der Waals surface area contributed by atoms with E-state index in [9.17, 15) is 4.79 Å². The van der Waals surface area contributed by atoms with E-state index in [1.165, 1.54) is 0 Å². The van der Waals surface area contributed by atoms with Crippen molar-refractivity contribution in [2.45, 2.75) is 6.92 Å². The van der Waals surface area contributed by atoms with E-state index >= 15 is 0 Å². The standard InChI is InChI=1S/C12H16N2O2/c1-3-16-12(15)8-14-9-13(2)10-6-4-5-7-11(10)14/h4-7H,3,8-9H2,1-2H3. The Morgan fingerprint density at radius 3 is 2.75 bits per heavy atom. The van der Waals surface area contributed by atoms with Crippen LogP contribution in [0.2, 0.25) is 0 Å². The number of fused-ring (bicyclic) bond motifs is 1. The summed E-state index contributed by atoms with van der Waals surface area (Å²) >= 11 is 0. The molecule has 16 heavy (non-hydrogen) atoms. The molecule has 1 heterocycles. The molecule has 0 aromatic heterocycles. The lowest BCUT2D eigenvalue weighted by Gasteiger charge is -2.17. The van der Waals surface area contributed by atoms with Crippen molar-refractivity contribution in [3.8, 4) is 0 Å². The van der Waals surface area contributed by atoms with Crippen molar-refractivity contribution >= 4 is 17.3 Å². The summed E-state index contributed by atoms with van der Waals surface area (Å²) in [4.78, 5) is 15.6. The lowest BCUT2D eigenvalue weighted by molar-refractivity contribution is -0.141. The highest BCUT2D eigenvalue weighted by molar-refractivity contribution is 5.82. The van der Waals surface area contributed by atoms with Crippen molar-refractivity contribution in [3.63, 3.8) is 0 Å². The van der Waals surface area contributed by atoms with Gasteiger partial charge in [0.05, 0.1) is 24.7 Å². The number of ether oxygens (including phenoxy) is 1. The second-order valence-corrected chi connectivity index (χ2v) is 3.83. The molecule has 1 aliphatic heterocycles. The molecule has 0 atom stereocenters. The van der Waals surface area contributed by atoms with E-state index in [-0.39, 0.29) is 5.97 Å². The van der Waals surface area contributed by atoms with Crippen LogP contribution in [0.1, 0.15) is 6.92 Å². The Balaban J connectivity index is 2.12. The molecule has 2 rings (SSSR count). The second-order valence-electron chi connectivity index (χ2n) is 3.83. The zero-order chi connectivity index (χ0) is 11.5. The highest BCUT2D eigenvalue weighted by atomic mass is 16.5. The van der Waals surface area contributed by atoms with Gasteiger partial charge in [0.25, 0.3) is 0 Å². The van der Waals surface area contributed by atoms with Crippen LogP contribution >= 0.6 is 0 Å². The van der Waals surface area contributed by atoms with E-state index in [1.54, 1.807) is 0 Å². The maximum Gasteiger partial charge on any atom is 0.325 e. The Labute approximate surface area is 95.4 Å². The molecule has 0 bridgehead atoms. The third kappa shape index (κ3) is 1.96. The van der Waals surface area contributed by atoms with Crippen molar-refractivity contribution < 1.29 is 9.53 Å². The van der Waals surface area contributed by atoms with Gasteiger partial charge in [0.2, 0.25) is 0 Å². The molecule has 1 aromatic rings. The molecule has 0 fully saturated rings. The van der Waals surface area contributed by atoms with Crippen LogP contribution in [0.4, 0.5) is 11.4 Å². The molecule has 86 valence electrons. The SMILES string of the molecule is CCOC(=O)CN1CN(C)c2ccccc21. The van der Waals surface area contributed by atoms with Crippen LogP contribution in [0.3, 0.4) is 0 Å². The first kappa shape index (κ1) is 10.8. The summed E-state index contributed by atoms with van der Waals surface area (Å²) in [5.74, 6) is -0.174. The quantitative estimate of drug-likeness (QED) is 0.722. The maximum absolute atomic E-state index is 11.4. The fourth-order valence-electron chi connectivity index (χ4n) is 1.96. The van der Waals surface area contributed by atoms with Gasteiger partial charge in [-0.15, -0.1) is 0 Å². The molecule has 1 aromatic carbocycles. The Morgan fingerprint density at radius 1 is 1.38 bits per heavy atom. The van der Waals surface area contributed by atoms with E-state index in [1.807, 2.05) is 37.1 Å². The third-order valence-electron chi connectivity index (χ3n) is 2.64. The minimum Gasteiger partial charge on any atom is -0.465 e. The van der Waals surface area contributed by atoms with Gasteiger partial charge in [0.1, 0.15) is 6.54 Å². The number of carbonyl (C=O) groups is 1. The highest BCUT2D eigenvalue weighted by Gasteiger charge is 2.24. The molecule has 0 amide bonds. The van der Waals surface area contributed by atoms with Gasteiger partial charge in [-0.1, -0.05) is 12.1 Å². The van der Waals surface area contributed by atoms with Crippen LogP contribution in [-0.2, 0) is 9.53 Å². The Hall–Kier alpha value is -1.71. The molecule has 0 spiro atoms. The predicted molar refractivity (Wildman–Crippen MR) is 63.7 cm³/mol. The first-order valence-electron chi connectivity index (χ1n) is 5.43. The van der Waals surface area contributed by atoms with Crippen molar-refractivity contribution in [1.82, 2.24) is 0 Å². The third-order valence-corrected chi connectivity index (χ3v) is 2.64. The minimum absolute atomic E-state index is 0.174. The number of hydrogen-bond donors (Lipinski definition) is 0. The van der Waals surface area contributed by atoms with Crippen LogP contribution in [0, 0.1) is 0 Å². The fourth-order valence-corrected chi connectivity index (χ4v) is 1.96. The molecular formula is C12H16N2O2. The zero-order valence-corrected chi connectivity index (χ0v) is 9.64. The van der Waals surface area contributed by atoms with E-state index in [0.717, 1.165) is 18.0 Å². The van der Waals surface area contributed by atoms with Crippen LogP contribution in [0.25, 0.3) is 0 Å². The van der Waals surface area contributed by atoms with Crippen LogP contribution in [0.15, 0.2) is 24.3 Å². The first-order valence-corrected chi connectivity index (χ1v) is 5.43. The topological polar surface area (TPSA) is 32.8 Å². The summed E-state index contributed by atoms with van der Waals surface area (Å²) in [6.07, 6.45) is 0. The monoisotopic (exact) mass is 220 g/mol. The van der Waals surface area contributed by atoms with Crippen molar-refractivity contribution in [2.24, 2.45) is 0 Å². The van der Waals surface area contributed by atoms with Crippen LogP contribution < -0.4 is 9.80 Å². The lowest BCUT2D eigenvalue weighted by Crippen LogP contribution is -2.33. The van der Waals surface area contributed by atoms with Crippen molar-refractivity contribution in [1.29, 1.82) is 0 Å². The minimum atomic E-state index is -0.174. The molecule has 0 saturated carbocycles. The predicted octanol–water partition coefficient (Wildman–Crippen LogP) is 1.46. The largest absolute Gasteiger partial charge is 0.465 e. The van der Waals surface area contributed by atoms with Gasteiger partial charge in [-0.3, -0.25) is 4.79 Å². The lowest BCUT2D eigenvalue weighted by atomic mass is 10.2. The average Bonchev–Trinajstić information content (AvgIpc) is 2.57. The number of esters is 1. The summed E-state index contributed by atoms with van der Waals surface area (Å²) in [6, 6.07) is 8.07. The van der Waals surface area contributed by atoms with E-state index in [2.05, 4.69) is 11.0 Å². The average molecular weight is 220 g/mol. The van der Waals surface area contributed by atoms with E-state index in [0.29, 0.717) is 13.2 Å². The van der Waals surface area contributed by atoms with Gasteiger partial charge in [0.15, 0.2) is 0 Å². The summed E-state index contributed by atoms with van der Waals surface area (Å²) < 4.78 is 4.95. The summed E-state index contributed by atoms with van der Waals surface area (Å²) in [5.41, 5.74) is 2.25. The Morgan fingerprint density at radius 2 is 2.06 bits per heavy atom. The molecule has 0 aliphatic carbocycles. The molecular weight excluding hydrogens is 204 g/mol. The number of hydrogen-bond acceptors (Lipinski definition) is 4. The smallest absolute Gasteiger partial charge is 0.325 e. The van der Waals surface area contributed by atoms with Gasteiger partial charge < -0.3 is 14.5 Å². The van der Waals surface area contributed by atoms with Gasteiger partial charge in [0, 0.05) is 7.05 Å². The summed E-state index contributed by atoms with van der Waals surface area (Å²) in [6.45, 7) is 3.31. The molecule has 0 N–H and O–H groups in total. The maximum atomic E-state index is 11.4. The van der Waals surface area contributed by atoms with Gasteiger partial charge in [-0.05, 0) is 19.1 Å². The number of anilines is 2. The van der Waals surface area contributed by atoms with Gasteiger partial charge in [-0.25, -0.2) is 0 Å². The molecule has 4 heteroatoms. The number of benzene rings is 1. The zero-order valence-electron chi connectivity index (χ0n) is 9.64. The number of carbonyl (C=O) groups excluding carboxylic acids is 1. The van der Waals surface area contributed by atoms with Crippen LogP contribution in [0.5, 0.6) is 0 Å². The highest BCUT2D eigenvalue weighted by Crippen LogP contribution is 2.33. The number of para-hydroxylation sites is 2. The Bertz CT molecular complexity index is 392. The molecule has 1 aliphatic rings. The van der Waals surface area contributed by atoms with Gasteiger partial charge in [-0.2, -0.15) is 0 Å².